The lowest BCUT2D eigenvalue weighted by atomic mass is 9.83. The van der Waals surface area contributed by atoms with Gasteiger partial charge in [0.2, 0.25) is 0 Å². The van der Waals surface area contributed by atoms with Crippen molar-refractivity contribution in [2.75, 3.05) is 6.61 Å². The smallest absolute Gasteiger partial charge is 0.354 e. The molecule has 2 fully saturated rings. The summed E-state index contributed by atoms with van der Waals surface area (Å²) >= 11 is 6.32. The zero-order chi connectivity index (χ0) is 30.1. The highest BCUT2D eigenvalue weighted by molar-refractivity contribution is 6.30. The number of carbonyl (C=O) groups is 1. The number of fused-ring (bicyclic) bond motifs is 1. The van der Waals surface area contributed by atoms with Crippen molar-refractivity contribution in [2.45, 2.75) is 57.6 Å². The average Bonchev–Trinajstić information content (AvgIpc) is 3.57. The number of carbonyl (C=O) groups excluding carboxylic acids is 1. The zero-order valence-electron chi connectivity index (χ0n) is 23.1. The minimum absolute atomic E-state index is 0.258. The molecule has 4 aromatic heterocycles. The van der Waals surface area contributed by atoms with Gasteiger partial charge in [0, 0.05) is 30.7 Å². The number of halogens is 4. The maximum Gasteiger partial charge on any atom is 0.427 e. The van der Waals surface area contributed by atoms with Crippen LogP contribution in [0.1, 0.15) is 62.1 Å². The van der Waals surface area contributed by atoms with Gasteiger partial charge in [-0.25, -0.2) is 14.8 Å². The molecule has 4 aromatic rings. The third kappa shape index (κ3) is 6.58. The van der Waals surface area contributed by atoms with Crippen LogP contribution < -0.4 is 10.8 Å². The van der Waals surface area contributed by atoms with Gasteiger partial charge in [-0.1, -0.05) is 37.4 Å². The molecule has 1 aliphatic heterocycles. The van der Waals surface area contributed by atoms with Crippen molar-refractivity contribution in [1.29, 1.82) is 0 Å². The second kappa shape index (κ2) is 12.1. The van der Waals surface area contributed by atoms with Crippen LogP contribution in [0, 0.1) is 11.8 Å². The summed E-state index contributed by atoms with van der Waals surface area (Å²) in [6.45, 7) is 1.23. The standard InChI is InChI=1S/C29H29ClF3N7O3/c1-16-5-7-17(8-6-16)14-40-24-21(37-27(40)25(42-15-29(31,32)33)20-4-2-3-9-35-20)11-22(26-38-28(41)43-39-26)36-23(24)18-10-19(30)13-34-12-18/h2-4,9-13,16-17,25-26,39H,5-8,14-15H2,1H3,(H,38,41). The molecule has 5 heterocycles. The van der Waals surface area contributed by atoms with Gasteiger partial charge in [-0.15, -0.1) is 5.48 Å². The van der Waals surface area contributed by atoms with Crippen LogP contribution in [0.4, 0.5) is 18.0 Å². The van der Waals surface area contributed by atoms with Gasteiger partial charge in [0.25, 0.3) is 0 Å². The molecular weight excluding hydrogens is 587 g/mol. The van der Waals surface area contributed by atoms with E-state index < -0.39 is 31.1 Å². The van der Waals surface area contributed by atoms with Gasteiger partial charge in [-0.3, -0.25) is 15.3 Å². The predicted molar refractivity (Wildman–Crippen MR) is 150 cm³/mol. The quantitative estimate of drug-likeness (QED) is 0.238. The number of pyridine rings is 3. The fourth-order valence-electron chi connectivity index (χ4n) is 5.66. The highest BCUT2D eigenvalue weighted by Crippen LogP contribution is 2.38. The van der Waals surface area contributed by atoms with Crippen molar-refractivity contribution in [2.24, 2.45) is 11.8 Å². The molecule has 14 heteroatoms. The van der Waals surface area contributed by atoms with E-state index in [2.05, 4.69) is 27.7 Å². The first-order valence-corrected chi connectivity index (χ1v) is 14.4. The largest absolute Gasteiger partial charge is 0.427 e. The monoisotopic (exact) mass is 615 g/mol. The fraction of sp³-hybridized carbons (Fsp3) is 0.414. The van der Waals surface area contributed by atoms with Crippen LogP contribution in [0.2, 0.25) is 5.02 Å². The molecule has 226 valence electrons. The summed E-state index contributed by atoms with van der Waals surface area (Å²) in [7, 11) is 0. The van der Waals surface area contributed by atoms with Crippen molar-refractivity contribution in [3.8, 4) is 11.3 Å². The topological polar surface area (TPSA) is 116 Å². The fourth-order valence-corrected chi connectivity index (χ4v) is 5.84. The molecular formula is C29H29ClF3N7O3. The number of amides is 1. The number of hydrogen-bond donors (Lipinski definition) is 2. The number of aromatic nitrogens is 5. The van der Waals surface area contributed by atoms with Gasteiger partial charge in [0.15, 0.2) is 12.3 Å². The number of nitrogens with zero attached hydrogens (tertiary/aromatic N) is 5. The lowest BCUT2D eigenvalue weighted by molar-refractivity contribution is -0.183. The van der Waals surface area contributed by atoms with Gasteiger partial charge < -0.3 is 14.1 Å². The summed E-state index contributed by atoms with van der Waals surface area (Å²) in [4.78, 5) is 35.0. The molecule has 2 aliphatic rings. The molecule has 1 saturated heterocycles. The molecule has 1 amide bonds. The number of hydrogen-bond acceptors (Lipinski definition) is 8. The van der Waals surface area contributed by atoms with Crippen LogP contribution in [-0.2, 0) is 16.1 Å². The summed E-state index contributed by atoms with van der Waals surface area (Å²) in [5.74, 6) is 1.14. The van der Waals surface area contributed by atoms with E-state index in [1.54, 1.807) is 36.5 Å². The van der Waals surface area contributed by atoms with E-state index in [9.17, 15) is 18.0 Å². The lowest BCUT2D eigenvalue weighted by Crippen LogP contribution is -2.25. The van der Waals surface area contributed by atoms with Crippen molar-refractivity contribution < 1.29 is 27.5 Å². The number of ether oxygens (including phenoxy) is 1. The molecule has 43 heavy (non-hydrogen) atoms. The van der Waals surface area contributed by atoms with E-state index in [1.807, 2.05) is 4.57 Å². The number of imidazole rings is 1. The minimum atomic E-state index is -4.57. The molecule has 2 unspecified atom stereocenters. The first kappa shape index (κ1) is 29.3. The first-order chi connectivity index (χ1) is 20.6. The maximum absolute atomic E-state index is 13.5. The Kier molecular flexibility index (Phi) is 8.21. The molecule has 0 aromatic carbocycles. The molecule has 2 N–H and O–H groups in total. The molecule has 0 bridgehead atoms. The number of nitrogens with one attached hydrogen (secondary N) is 2. The zero-order valence-corrected chi connectivity index (χ0v) is 23.9. The second-order valence-electron chi connectivity index (χ2n) is 11.0. The minimum Gasteiger partial charge on any atom is -0.354 e. The summed E-state index contributed by atoms with van der Waals surface area (Å²) in [5, 5.41) is 3.01. The van der Waals surface area contributed by atoms with Crippen molar-refractivity contribution in [1.82, 2.24) is 35.3 Å². The Morgan fingerprint density at radius 2 is 1.98 bits per heavy atom. The van der Waals surface area contributed by atoms with Gasteiger partial charge >= 0.3 is 12.3 Å². The third-order valence-electron chi connectivity index (χ3n) is 7.76. The van der Waals surface area contributed by atoms with Gasteiger partial charge in [0.1, 0.15) is 12.4 Å². The first-order valence-electron chi connectivity index (χ1n) is 14.0. The molecule has 1 saturated carbocycles. The second-order valence-corrected chi connectivity index (χ2v) is 11.4. The third-order valence-corrected chi connectivity index (χ3v) is 7.97. The van der Waals surface area contributed by atoms with Gasteiger partial charge in [-0.2, -0.15) is 13.2 Å². The molecule has 10 nitrogen and oxygen atoms in total. The van der Waals surface area contributed by atoms with Crippen LogP contribution >= 0.6 is 11.6 Å². The van der Waals surface area contributed by atoms with Crippen molar-refractivity contribution in [3.05, 3.63) is 71.2 Å². The lowest BCUT2D eigenvalue weighted by Gasteiger charge is -2.28. The highest BCUT2D eigenvalue weighted by atomic mass is 35.5. The normalized spacial score (nSPS) is 21.5. The summed E-state index contributed by atoms with van der Waals surface area (Å²) < 4.78 is 47.9. The van der Waals surface area contributed by atoms with Crippen LogP contribution in [-0.4, -0.2) is 43.4 Å². The summed E-state index contributed by atoms with van der Waals surface area (Å²) in [6, 6.07) is 8.37. The van der Waals surface area contributed by atoms with Crippen LogP contribution in [0.3, 0.4) is 0 Å². The van der Waals surface area contributed by atoms with E-state index in [4.69, 9.17) is 31.1 Å². The van der Waals surface area contributed by atoms with E-state index >= 15 is 0 Å². The van der Waals surface area contributed by atoms with Crippen molar-refractivity contribution >= 4 is 28.7 Å². The van der Waals surface area contributed by atoms with Crippen LogP contribution in [0.15, 0.2) is 48.9 Å². The van der Waals surface area contributed by atoms with Gasteiger partial charge in [-0.05, 0) is 48.9 Å². The highest BCUT2D eigenvalue weighted by Gasteiger charge is 2.35. The Morgan fingerprint density at radius 1 is 1.16 bits per heavy atom. The van der Waals surface area contributed by atoms with Crippen LogP contribution in [0.5, 0.6) is 0 Å². The van der Waals surface area contributed by atoms with E-state index in [1.165, 1.54) is 12.4 Å². The molecule has 0 radical (unpaired) electrons. The molecule has 6 rings (SSSR count). The predicted octanol–water partition coefficient (Wildman–Crippen LogP) is 6.28. The summed E-state index contributed by atoms with van der Waals surface area (Å²) in [5.41, 5.74) is 5.31. The molecule has 1 aliphatic carbocycles. The Bertz CT molecular complexity index is 1610. The van der Waals surface area contributed by atoms with Crippen molar-refractivity contribution in [3.63, 3.8) is 0 Å². The maximum atomic E-state index is 13.5. The average molecular weight is 616 g/mol. The number of hydroxylamine groups is 1. The molecule has 2 atom stereocenters. The Morgan fingerprint density at radius 3 is 2.65 bits per heavy atom. The Labute approximate surface area is 249 Å². The van der Waals surface area contributed by atoms with Crippen LogP contribution in [0.25, 0.3) is 22.3 Å². The van der Waals surface area contributed by atoms with E-state index in [-0.39, 0.29) is 17.4 Å². The molecule has 0 spiro atoms. The van der Waals surface area contributed by atoms with E-state index in [0.717, 1.165) is 25.7 Å². The number of rotatable bonds is 8. The summed E-state index contributed by atoms with van der Waals surface area (Å²) in [6.07, 6.45) is 1.39. The number of alkyl halides is 3. The van der Waals surface area contributed by atoms with Gasteiger partial charge in [0.05, 0.1) is 33.1 Å². The SMILES string of the molecule is CC1CCC(Cn2c(C(OCC(F)(F)F)c3ccccn3)nc3cc(C4NOC(=O)N4)nc(-c4cncc(Cl)c4)c32)CC1. The van der Waals surface area contributed by atoms with E-state index in [0.29, 0.717) is 45.5 Å². The Balaban J connectivity index is 1.57. The Hall–Kier alpha value is -3.81.